The lowest BCUT2D eigenvalue weighted by Gasteiger charge is -2.50. The van der Waals surface area contributed by atoms with E-state index in [0.29, 0.717) is 11.1 Å². The highest BCUT2D eigenvalue weighted by molar-refractivity contribution is 6.24. The van der Waals surface area contributed by atoms with Crippen molar-refractivity contribution >= 4 is 17.5 Å². The molecule has 0 bridgehead atoms. The van der Waals surface area contributed by atoms with E-state index in [2.05, 4.69) is 11.8 Å². The molecule has 4 atom stereocenters. The minimum absolute atomic E-state index is 0.0208. The van der Waals surface area contributed by atoms with Gasteiger partial charge < -0.3 is 26.2 Å². The molecule has 3 aliphatic rings. The number of likely N-dealkylation sites (N-methyl/N-ethyl adjacent to an activating group) is 1. The van der Waals surface area contributed by atoms with Crippen molar-refractivity contribution in [1.82, 2.24) is 4.90 Å². The molecule has 194 valence electrons. The number of aliphatic hydroxyl groups excluding tert-OH is 2. The number of hydrogen-bond acceptors (Lipinski definition) is 8. The number of allylic oxidation sites excluding steroid dienone is 1. The topological polar surface area (TPSA) is 161 Å². The first-order chi connectivity index (χ1) is 18.0. The van der Waals surface area contributed by atoms with Gasteiger partial charge in [0.25, 0.3) is 5.91 Å². The predicted molar refractivity (Wildman–Crippen MR) is 136 cm³/mol. The standard InChI is InChI=1S/C29H26N2O7/c1-31(2)23-18-13-16-12-17-15(9-8-14-6-4-3-5-7-14)10-11-19(32)21(17)24(33)20(16)26(35)29(18,38)27(36)22(25(23)34)28(30)37/h3-7,10-11,16,18,23,32,34-35,38H,12-13H2,1-2H3,(H2,30,37)/t16-,18-,23-,29-/m0/s1. The number of rotatable bonds is 2. The summed E-state index contributed by atoms with van der Waals surface area (Å²) in [6, 6.07) is 11.2. The molecule has 3 aliphatic carbocycles. The number of carbonyl (C=O) groups is 3. The molecule has 2 aromatic rings. The van der Waals surface area contributed by atoms with Gasteiger partial charge in [-0.25, -0.2) is 0 Å². The normalized spacial score (nSPS) is 26.4. The Morgan fingerprint density at radius 3 is 2.37 bits per heavy atom. The van der Waals surface area contributed by atoms with Gasteiger partial charge in [0, 0.05) is 22.6 Å². The summed E-state index contributed by atoms with van der Waals surface area (Å²) in [4.78, 5) is 40.6. The molecule has 0 unspecified atom stereocenters. The van der Waals surface area contributed by atoms with Crippen LogP contribution in [-0.2, 0) is 16.0 Å². The Balaban J connectivity index is 1.68. The quantitative estimate of drug-likeness (QED) is 0.298. The van der Waals surface area contributed by atoms with E-state index in [-0.39, 0.29) is 29.7 Å². The van der Waals surface area contributed by atoms with Gasteiger partial charge in [-0.2, -0.15) is 0 Å². The third kappa shape index (κ3) is 3.53. The molecule has 5 rings (SSSR count). The number of phenols is 1. The third-order valence-corrected chi connectivity index (χ3v) is 7.72. The highest BCUT2D eigenvalue weighted by atomic mass is 16.3. The average molecular weight is 515 g/mol. The molecule has 0 saturated carbocycles. The second-order valence-corrected chi connectivity index (χ2v) is 10.1. The smallest absolute Gasteiger partial charge is 0.255 e. The number of nitrogens with two attached hydrogens (primary N) is 1. The summed E-state index contributed by atoms with van der Waals surface area (Å²) < 4.78 is 0. The molecule has 0 heterocycles. The van der Waals surface area contributed by atoms with Crippen molar-refractivity contribution in [1.29, 1.82) is 0 Å². The minimum atomic E-state index is -2.66. The number of carbonyl (C=O) groups excluding carboxylic acids is 3. The number of Topliss-reactive ketones (excluding diaryl/α,β-unsaturated/α-hetero) is 2. The zero-order valence-corrected chi connectivity index (χ0v) is 20.7. The van der Waals surface area contributed by atoms with E-state index >= 15 is 0 Å². The summed E-state index contributed by atoms with van der Waals surface area (Å²) in [6.45, 7) is 0. The molecular weight excluding hydrogens is 488 g/mol. The van der Waals surface area contributed by atoms with Gasteiger partial charge in [0.1, 0.15) is 22.8 Å². The molecule has 38 heavy (non-hydrogen) atoms. The lowest BCUT2D eigenvalue weighted by molar-refractivity contribution is -0.148. The molecule has 9 heteroatoms. The van der Waals surface area contributed by atoms with Crippen LogP contribution in [0.5, 0.6) is 5.75 Å². The average Bonchev–Trinajstić information content (AvgIpc) is 2.86. The molecular formula is C29H26N2O7. The van der Waals surface area contributed by atoms with E-state index in [9.17, 15) is 34.8 Å². The summed E-state index contributed by atoms with van der Waals surface area (Å²) in [5.41, 5.74) is 3.37. The Morgan fingerprint density at radius 2 is 1.74 bits per heavy atom. The number of phenolic OH excluding ortho intramolecular Hbond substituents is 1. The fourth-order valence-electron chi connectivity index (χ4n) is 6.03. The summed E-state index contributed by atoms with van der Waals surface area (Å²) in [6.07, 6.45) is 0.203. The Kier molecular flexibility index (Phi) is 5.90. The van der Waals surface area contributed by atoms with Crippen LogP contribution < -0.4 is 5.73 Å². The molecule has 0 aromatic heterocycles. The van der Waals surface area contributed by atoms with Crippen LogP contribution in [0, 0.1) is 23.7 Å². The molecule has 0 radical (unpaired) electrons. The maximum atomic E-state index is 13.7. The molecule has 9 nitrogen and oxygen atoms in total. The van der Waals surface area contributed by atoms with Gasteiger partial charge in [-0.1, -0.05) is 30.0 Å². The summed E-state index contributed by atoms with van der Waals surface area (Å²) in [7, 11) is 3.17. The monoisotopic (exact) mass is 514 g/mol. The first kappa shape index (κ1) is 25.3. The lowest BCUT2D eigenvalue weighted by atomic mass is 9.58. The zero-order chi connectivity index (χ0) is 27.5. The second-order valence-electron chi connectivity index (χ2n) is 10.1. The largest absolute Gasteiger partial charge is 0.510 e. The van der Waals surface area contributed by atoms with E-state index in [0.717, 1.165) is 5.56 Å². The third-order valence-electron chi connectivity index (χ3n) is 7.72. The van der Waals surface area contributed by atoms with Crippen LogP contribution in [0.25, 0.3) is 0 Å². The number of amides is 1. The SMILES string of the molecule is CN(C)[C@@H]1C(O)=C(C(N)=O)C(=O)[C@@]2(O)C(O)=C3C(=O)c4c(O)ccc(C#Cc5ccccc5)c4C[C@H]3C[C@@H]12. The van der Waals surface area contributed by atoms with Gasteiger partial charge in [-0.05, 0) is 62.7 Å². The van der Waals surface area contributed by atoms with Gasteiger partial charge in [0.05, 0.1) is 11.6 Å². The molecule has 0 fully saturated rings. The van der Waals surface area contributed by atoms with Crippen LogP contribution in [0.2, 0.25) is 0 Å². The van der Waals surface area contributed by atoms with Gasteiger partial charge in [0.2, 0.25) is 5.78 Å². The number of aliphatic hydroxyl groups is 3. The van der Waals surface area contributed by atoms with Crippen LogP contribution in [0.4, 0.5) is 0 Å². The molecule has 0 saturated heterocycles. The van der Waals surface area contributed by atoms with Gasteiger partial charge in [0.15, 0.2) is 11.4 Å². The molecule has 6 N–H and O–H groups in total. The van der Waals surface area contributed by atoms with E-state index < -0.39 is 58.0 Å². The number of aromatic hydroxyl groups is 1. The Morgan fingerprint density at radius 1 is 1.05 bits per heavy atom. The van der Waals surface area contributed by atoms with Crippen LogP contribution >= 0.6 is 0 Å². The van der Waals surface area contributed by atoms with Crippen LogP contribution in [0.3, 0.4) is 0 Å². The van der Waals surface area contributed by atoms with Crippen molar-refractivity contribution in [2.24, 2.45) is 17.6 Å². The fourth-order valence-corrected chi connectivity index (χ4v) is 6.03. The van der Waals surface area contributed by atoms with E-state index in [1.165, 1.54) is 11.0 Å². The number of hydrogen-bond donors (Lipinski definition) is 5. The van der Waals surface area contributed by atoms with E-state index in [1.807, 2.05) is 30.3 Å². The maximum Gasteiger partial charge on any atom is 0.255 e. The summed E-state index contributed by atoms with van der Waals surface area (Å²) in [5, 5.41) is 44.4. The number of benzene rings is 2. The molecule has 0 spiro atoms. The van der Waals surface area contributed by atoms with Gasteiger partial charge in [-0.15, -0.1) is 0 Å². The zero-order valence-electron chi connectivity index (χ0n) is 20.7. The number of nitrogens with zero attached hydrogens (tertiary/aromatic N) is 1. The van der Waals surface area contributed by atoms with Crippen molar-refractivity contribution in [3.8, 4) is 17.6 Å². The van der Waals surface area contributed by atoms with Crippen molar-refractivity contribution < 1.29 is 34.8 Å². The van der Waals surface area contributed by atoms with Gasteiger partial charge in [-0.3, -0.25) is 19.3 Å². The van der Waals surface area contributed by atoms with E-state index in [4.69, 9.17) is 5.73 Å². The molecule has 0 aliphatic heterocycles. The Bertz CT molecular complexity index is 1530. The van der Waals surface area contributed by atoms with Crippen molar-refractivity contribution in [2.75, 3.05) is 14.1 Å². The van der Waals surface area contributed by atoms with Crippen LogP contribution in [-0.4, -0.2) is 68.5 Å². The van der Waals surface area contributed by atoms with Crippen molar-refractivity contribution in [2.45, 2.75) is 24.5 Å². The van der Waals surface area contributed by atoms with Crippen molar-refractivity contribution in [3.63, 3.8) is 0 Å². The highest BCUT2D eigenvalue weighted by Crippen LogP contribution is 2.52. The Labute approximate surface area is 218 Å². The number of ketones is 2. The fraction of sp³-hybridized carbons (Fsp3) is 0.276. The molecule has 1 amide bonds. The molecule has 2 aromatic carbocycles. The maximum absolute atomic E-state index is 13.7. The summed E-state index contributed by atoms with van der Waals surface area (Å²) in [5.74, 6) is -0.698. The second kappa shape index (κ2) is 8.87. The van der Waals surface area contributed by atoms with Gasteiger partial charge >= 0.3 is 0 Å². The highest BCUT2D eigenvalue weighted by Gasteiger charge is 2.63. The minimum Gasteiger partial charge on any atom is -0.510 e. The van der Waals surface area contributed by atoms with Crippen LogP contribution in [0.15, 0.2) is 65.1 Å². The van der Waals surface area contributed by atoms with E-state index in [1.54, 1.807) is 20.2 Å². The first-order valence-electron chi connectivity index (χ1n) is 12.0. The summed E-state index contributed by atoms with van der Waals surface area (Å²) >= 11 is 0. The Hall–Kier alpha value is -4.39. The number of primary amides is 1. The predicted octanol–water partition coefficient (Wildman–Crippen LogP) is 1.52. The van der Waals surface area contributed by atoms with Crippen LogP contribution in [0.1, 0.15) is 33.5 Å². The number of fused-ring (bicyclic) bond motifs is 3. The lowest BCUT2D eigenvalue weighted by Crippen LogP contribution is -2.63. The first-order valence-corrected chi connectivity index (χ1v) is 12.0. The van der Waals surface area contributed by atoms with Crippen molar-refractivity contribution in [3.05, 3.63) is 87.4 Å².